The van der Waals surface area contributed by atoms with Gasteiger partial charge in [-0.05, 0) is 52.7 Å². The van der Waals surface area contributed by atoms with Crippen LogP contribution in [0.4, 0.5) is 0 Å². The summed E-state index contributed by atoms with van der Waals surface area (Å²) >= 11 is 1.40. The maximum absolute atomic E-state index is 13.5. The van der Waals surface area contributed by atoms with Crippen molar-refractivity contribution >= 4 is 31.0 Å². The second-order valence-electron chi connectivity index (χ2n) is 10.2. The summed E-state index contributed by atoms with van der Waals surface area (Å²) in [6, 6.07) is 16.9. The Morgan fingerprint density at radius 1 is 1.14 bits per heavy atom. The smallest absolute Gasteiger partial charge is 0.266 e. The molecule has 188 valence electrons. The van der Waals surface area contributed by atoms with Crippen LogP contribution in [0.25, 0.3) is 5.03 Å². The van der Waals surface area contributed by atoms with Crippen LogP contribution in [-0.4, -0.2) is 36.0 Å². The predicted molar refractivity (Wildman–Crippen MR) is 142 cm³/mol. The van der Waals surface area contributed by atoms with Crippen LogP contribution in [0.2, 0.25) is 0 Å². The third-order valence-corrected chi connectivity index (χ3v) is 11.2. The second kappa shape index (κ2) is 8.14. The Kier molecular flexibility index (Phi) is 5.53. The lowest BCUT2D eigenvalue weighted by molar-refractivity contribution is -0.107. The molecule has 0 aliphatic carbocycles. The first kappa shape index (κ1) is 24.5. The number of nitrogens with zero attached hydrogens (tertiary/aromatic N) is 3. The fraction of sp³-hybridized carbons (Fsp3) is 0.308. The van der Waals surface area contributed by atoms with Crippen molar-refractivity contribution in [2.24, 2.45) is 12.0 Å². The molecule has 5 rings (SSSR count). The van der Waals surface area contributed by atoms with Gasteiger partial charge in [-0.1, -0.05) is 42.1 Å². The minimum absolute atomic E-state index is 0.120. The van der Waals surface area contributed by atoms with E-state index < -0.39 is 14.6 Å². The van der Waals surface area contributed by atoms with Crippen molar-refractivity contribution in [1.29, 1.82) is 5.41 Å². The summed E-state index contributed by atoms with van der Waals surface area (Å²) in [5.41, 5.74) is 0.849. The summed E-state index contributed by atoms with van der Waals surface area (Å²) in [7, 11) is -1.62. The number of nitrogens with one attached hydrogen (secondary N) is 2. The van der Waals surface area contributed by atoms with Crippen LogP contribution in [-0.2, 0) is 34.0 Å². The zero-order valence-electron chi connectivity index (χ0n) is 20.7. The number of hydrogen-bond acceptors (Lipinski definition) is 7. The molecule has 2 N–H and O–H groups in total. The van der Waals surface area contributed by atoms with Gasteiger partial charge >= 0.3 is 0 Å². The summed E-state index contributed by atoms with van der Waals surface area (Å²) in [6.45, 7) is 4.88. The summed E-state index contributed by atoms with van der Waals surface area (Å²) in [5.74, 6) is 0.120. The number of carbonyl (C=O) groups is 1. The van der Waals surface area contributed by atoms with E-state index in [0.29, 0.717) is 33.9 Å². The zero-order chi connectivity index (χ0) is 25.9. The molecule has 0 bridgehead atoms. The Morgan fingerprint density at radius 2 is 1.78 bits per heavy atom. The van der Waals surface area contributed by atoms with E-state index in [9.17, 15) is 13.8 Å². The standard InChI is InChI=1S/C26H29N5O3S2/c1-26(2)16-31-22(27)21(24(33)30(3)25(31)29-26)23(35-18-8-6-5-7-9-18)28-14-17-10-12-19(13-11-17)36(4,34)15-20(36)32/h5-13,27-28H,14-16H2,1-4H3/b23-21-,27-22?. The Balaban J connectivity index is 1.57. The molecule has 36 heavy (non-hydrogen) atoms. The van der Waals surface area contributed by atoms with E-state index in [1.54, 1.807) is 30.0 Å². The van der Waals surface area contributed by atoms with E-state index >= 15 is 0 Å². The third-order valence-electron chi connectivity index (χ3n) is 6.67. The topological polar surface area (TPSA) is 109 Å². The molecule has 2 aromatic carbocycles. The molecular weight excluding hydrogens is 494 g/mol. The van der Waals surface area contributed by atoms with E-state index in [0.717, 1.165) is 10.5 Å². The van der Waals surface area contributed by atoms with Crippen LogP contribution >= 0.6 is 11.8 Å². The van der Waals surface area contributed by atoms with Gasteiger partial charge < -0.3 is 5.32 Å². The predicted octanol–water partition coefficient (Wildman–Crippen LogP) is 1.07. The molecular formula is C26H29N5O3S2. The summed E-state index contributed by atoms with van der Waals surface area (Å²) in [4.78, 5) is 31.5. The minimum atomic E-state index is -3.31. The van der Waals surface area contributed by atoms with Crippen LogP contribution in [0, 0.1) is 5.41 Å². The van der Waals surface area contributed by atoms with Gasteiger partial charge in [-0.15, -0.1) is 0 Å². The number of hydrogen-bond donors (Lipinski definition) is 2. The van der Waals surface area contributed by atoms with E-state index in [1.807, 2.05) is 56.3 Å². The average molecular weight is 524 g/mol. The maximum Gasteiger partial charge on any atom is 0.266 e. The van der Waals surface area contributed by atoms with E-state index in [-0.39, 0.29) is 21.9 Å². The molecule has 3 heterocycles. The molecule has 8 nitrogen and oxygen atoms in total. The van der Waals surface area contributed by atoms with Gasteiger partial charge in [0.2, 0.25) is 10.7 Å². The number of carbonyl (C=O) groups excluding carboxylic acids is 1. The highest BCUT2D eigenvalue weighted by Gasteiger charge is 2.58. The molecule has 0 spiro atoms. The fourth-order valence-corrected chi connectivity index (χ4v) is 7.78. The monoisotopic (exact) mass is 523 g/mol. The molecule has 0 amide bonds. The fourth-order valence-electron chi connectivity index (χ4n) is 4.36. The van der Waals surface area contributed by atoms with Gasteiger partial charge in [-0.25, -0.2) is 4.99 Å². The summed E-state index contributed by atoms with van der Waals surface area (Å²) in [6.07, 6.45) is 1.56. The number of aromatic nitrogens is 2. The zero-order valence-corrected chi connectivity index (χ0v) is 22.3. The van der Waals surface area contributed by atoms with Gasteiger partial charge in [0.25, 0.3) is 5.56 Å². The van der Waals surface area contributed by atoms with Gasteiger partial charge in [0, 0.05) is 29.6 Å². The van der Waals surface area contributed by atoms with Crippen molar-refractivity contribution in [3.8, 4) is 0 Å². The first-order chi connectivity index (χ1) is 16.9. The van der Waals surface area contributed by atoms with E-state index in [4.69, 9.17) is 5.41 Å². The van der Waals surface area contributed by atoms with Crippen LogP contribution in [0.1, 0.15) is 19.4 Å². The lowest BCUT2D eigenvalue weighted by atomic mass is 10.1. The normalized spacial score (nSPS) is 20.4. The largest absolute Gasteiger partial charge is 0.375 e. The van der Waals surface area contributed by atoms with Crippen LogP contribution in [0.3, 0.4) is 0 Å². The Morgan fingerprint density at radius 3 is 2.39 bits per heavy atom. The van der Waals surface area contributed by atoms with Gasteiger partial charge in [0.05, 0.1) is 22.9 Å². The van der Waals surface area contributed by atoms with Crippen LogP contribution < -0.4 is 27.2 Å². The second-order valence-corrected chi connectivity index (χ2v) is 15.6. The first-order valence-electron chi connectivity index (χ1n) is 11.6. The minimum Gasteiger partial charge on any atom is -0.375 e. The SMILES string of the molecule is Cn1c(=O)/c(=C(/NCc2ccc(S3(C)(=O)CC3=O)cc2)Sc2ccccc2)c(=N)n2c1=NC(C)(C)C2. The highest BCUT2D eigenvalue weighted by atomic mass is 32.3. The molecule has 2 aliphatic rings. The highest BCUT2D eigenvalue weighted by Crippen LogP contribution is 2.46. The molecule has 10 heteroatoms. The average Bonchev–Trinajstić information content (AvgIpc) is 3.20. The van der Waals surface area contributed by atoms with Crippen molar-refractivity contribution in [1.82, 2.24) is 14.5 Å². The van der Waals surface area contributed by atoms with E-state index in [2.05, 4.69) is 10.3 Å². The lowest BCUT2D eigenvalue weighted by Gasteiger charge is -2.16. The Bertz CT molecular complexity index is 1720. The molecule has 3 aromatic rings. The van der Waals surface area contributed by atoms with Crippen molar-refractivity contribution in [2.75, 3.05) is 12.0 Å². The van der Waals surface area contributed by atoms with Gasteiger partial charge in [-0.3, -0.25) is 28.3 Å². The molecule has 0 radical (unpaired) electrons. The van der Waals surface area contributed by atoms with Crippen molar-refractivity contribution < 1.29 is 9.00 Å². The van der Waals surface area contributed by atoms with Gasteiger partial charge in [0.15, 0.2) is 0 Å². The quantitative estimate of drug-likeness (QED) is 0.371. The van der Waals surface area contributed by atoms with Crippen molar-refractivity contribution in [3.63, 3.8) is 0 Å². The maximum atomic E-state index is 13.5. The first-order valence-corrected chi connectivity index (χ1v) is 14.9. The lowest BCUT2D eigenvalue weighted by Crippen LogP contribution is -2.58. The van der Waals surface area contributed by atoms with E-state index in [1.165, 1.54) is 16.3 Å². The summed E-state index contributed by atoms with van der Waals surface area (Å²) < 4.78 is 16.3. The van der Waals surface area contributed by atoms with Gasteiger partial charge in [0.1, 0.15) is 10.7 Å². The molecule has 2 aliphatic heterocycles. The molecule has 0 atom stereocenters. The van der Waals surface area contributed by atoms with Gasteiger partial charge in [-0.2, -0.15) is 0 Å². The molecule has 0 saturated carbocycles. The Hall–Kier alpha value is -3.24. The number of thioether (sulfide) groups is 1. The molecule has 1 aromatic heterocycles. The summed E-state index contributed by atoms with van der Waals surface area (Å²) in [5, 5.41) is 13.0. The Labute approximate surface area is 212 Å². The molecule has 1 saturated heterocycles. The van der Waals surface area contributed by atoms with Crippen molar-refractivity contribution in [2.45, 2.75) is 42.3 Å². The third kappa shape index (κ3) is 4.08. The van der Waals surface area contributed by atoms with Crippen LogP contribution in [0.5, 0.6) is 0 Å². The molecule has 0 unspecified atom stereocenters. The molecule has 1 fully saturated rings. The highest BCUT2D eigenvalue weighted by molar-refractivity contribution is 8.41. The number of rotatable bonds is 6. The van der Waals surface area contributed by atoms with Crippen LogP contribution in [0.15, 0.2) is 74.2 Å². The van der Waals surface area contributed by atoms with Crippen molar-refractivity contribution in [3.05, 3.63) is 86.8 Å². The number of fused-ring (bicyclic) bond motifs is 1. The number of benzene rings is 2.